The van der Waals surface area contributed by atoms with Crippen molar-refractivity contribution in [2.24, 2.45) is 0 Å². The molecule has 1 aromatic carbocycles. The van der Waals surface area contributed by atoms with Crippen molar-refractivity contribution in [1.29, 1.82) is 0 Å². The number of benzene rings is 1. The molecule has 2 N–H and O–H groups in total. The quantitative estimate of drug-likeness (QED) is 0.873. The van der Waals surface area contributed by atoms with E-state index >= 15 is 0 Å². The van der Waals surface area contributed by atoms with Crippen LogP contribution in [0, 0.1) is 0 Å². The minimum atomic E-state index is 0.00340. The zero-order valence-corrected chi connectivity index (χ0v) is 11.9. The summed E-state index contributed by atoms with van der Waals surface area (Å²) in [5.41, 5.74) is 1.79. The maximum Gasteiger partial charge on any atom is 0.0682 e. The van der Waals surface area contributed by atoms with E-state index in [9.17, 15) is 5.11 Å². The highest BCUT2D eigenvalue weighted by Gasteiger charge is 2.22. The molecule has 1 aliphatic rings. The van der Waals surface area contributed by atoms with Gasteiger partial charge in [-0.3, -0.25) is 0 Å². The van der Waals surface area contributed by atoms with Gasteiger partial charge in [-0.2, -0.15) is 0 Å². The van der Waals surface area contributed by atoms with Gasteiger partial charge in [-0.15, -0.1) is 0 Å². The number of hydrogen-bond donors (Lipinski definition) is 2. The summed E-state index contributed by atoms with van der Waals surface area (Å²) in [6.45, 7) is 0.751. The van der Waals surface area contributed by atoms with Crippen molar-refractivity contribution in [2.75, 3.05) is 18.1 Å². The molecule has 2 rings (SSSR count). The van der Waals surface area contributed by atoms with Crippen LogP contribution in [0.15, 0.2) is 18.2 Å². The summed E-state index contributed by atoms with van der Waals surface area (Å²) >= 11 is 6.32. The molecule has 0 bridgehead atoms. The molecule has 3 nitrogen and oxygen atoms in total. The number of nitrogens with zero attached hydrogens (tertiary/aromatic N) is 1. The summed E-state index contributed by atoms with van der Waals surface area (Å²) in [5.74, 6) is 0. The van der Waals surface area contributed by atoms with Crippen LogP contribution < -0.4 is 4.90 Å². The molecule has 1 aromatic rings. The van der Waals surface area contributed by atoms with Crippen LogP contribution in [0.1, 0.15) is 37.7 Å². The molecule has 106 valence electrons. The van der Waals surface area contributed by atoms with Crippen LogP contribution in [0.25, 0.3) is 0 Å². The second-order valence-corrected chi connectivity index (χ2v) is 5.56. The van der Waals surface area contributed by atoms with Gasteiger partial charge >= 0.3 is 0 Å². The van der Waals surface area contributed by atoms with E-state index in [0.29, 0.717) is 17.6 Å². The van der Waals surface area contributed by atoms with Crippen LogP contribution in [0.3, 0.4) is 0 Å². The zero-order valence-electron chi connectivity index (χ0n) is 11.2. The van der Waals surface area contributed by atoms with Gasteiger partial charge in [0.15, 0.2) is 0 Å². The number of aliphatic hydroxyl groups excluding tert-OH is 2. The van der Waals surface area contributed by atoms with E-state index in [0.717, 1.165) is 24.1 Å². The Morgan fingerprint density at radius 1 is 1.16 bits per heavy atom. The Hall–Kier alpha value is -0.770. The van der Waals surface area contributed by atoms with Crippen molar-refractivity contribution in [2.45, 2.75) is 44.8 Å². The maximum atomic E-state index is 9.30. The molecule has 0 aromatic heterocycles. The Bertz CT molecular complexity index is 405. The van der Waals surface area contributed by atoms with E-state index < -0.39 is 0 Å². The number of anilines is 1. The minimum Gasteiger partial charge on any atom is -0.395 e. The molecular weight excluding hydrogens is 262 g/mol. The first-order valence-electron chi connectivity index (χ1n) is 7.03. The van der Waals surface area contributed by atoms with Crippen LogP contribution in [0.2, 0.25) is 5.02 Å². The lowest BCUT2D eigenvalue weighted by Crippen LogP contribution is -2.39. The summed E-state index contributed by atoms with van der Waals surface area (Å²) in [4.78, 5) is 2.22. The van der Waals surface area contributed by atoms with E-state index in [1.54, 1.807) is 0 Å². The first-order chi connectivity index (χ1) is 9.26. The highest BCUT2D eigenvalue weighted by molar-refractivity contribution is 6.33. The number of halogens is 1. The second kappa shape index (κ2) is 7.13. The van der Waals surface area contributed by atoms with Crippen molar-refractivity contribution >= 4 is 17.3 Å². The van der Waals surface area contributed by atoms with Gasteiger partial charge in [0.05, 0.1) is 23.9 Å². The third kappa shape index (κ3) is 3.62. The Morgan fingerprint density at radius 2 is 1.89 bits per heavy atom. The first kappa shape index (κ1) is 14.6. The predicted molar refractivity (Wildman–Crippen MR) is 78.7 cm³/mol. The maximum absolute atomic E-state index is 9.30. The summed E-state index contributed by atoms with van der Waals surface area (Å²) in [6, 6.07) is 6.13. The van der Waals surface area contributed by atoms with Gasteiger partial charge < -0.3 is 15.1 Å². The largest absolute Gasteiger partial charge is 0.395 e. The van der Waals surface area contributed by atoms with E-state index in [1.165, 1.54) is 19.3 Å². The van der Waals surface area contributed by atoms with Gasteiger partial charge in [0.2, 0.25) is 0 Å². The molecule has 19 heavy (non-hydrogen) atoms. The number of hydrogen-bond acceptors (Lipinski definition) is 3. The predicted octanol–water partition coefficient (Wildman–Crippen LogP) is 2.96. The monoisotopic (exact) mass is 283 g/mol. The van der Waals surface area contributed by atoms with E-state index in [1.807, 2.05) is 18.2 Å². The third-order valence-corrected chi connectivity index (χ3v) is 4.16. The van der Waals surface area contributed by atoms with Crippen molar-refractivity contribution in [3.05, 3.63) is 28.8 Å². The molecule has 1 aliphatic carbocycles. The summed E-state index contributed by atoms with van der Waals surface area (Å²) in [7, 11) is 0. The van der Waals surface area contributed by atoms with Gasteiger partial charge in [-0.1, -0.05) is 36.9 Å². The average molecular weight is 284 g/mol. The van der Waals surface area contributed by atoms with Crippen LogP contribution in [-0.4, -0.2) is 29.4 Å². The average Bonchev–Trinajstić information content (AvgIpc) is 2.46. The van der Waals surface area contributed by atoms with Gasteiger partial charge in [0, 0.05) is 12.6 Å². The van der Waals surface area contributed by atoms with Gasteiger partial charge in [0.25, 0.3) is 0 Å². The molecule has 0 atom stereocenters. The van der Waals surface area contributed by atoms with E-state index in [-0.39, 0.29) is 13.2 Å². The zero-order chi connectivity index (χ0) is 13.7. The Labute approximate surface area is 119 Å². The van der Waals surface area contributed by atoms with Crippen molar-refractivity contribution < 1.29 is 10.2 Å². The highest BCUT2D eigenvalue weighted by Crippen LogP contribution is 2.32. The molecule has 1 fully saturated rings. The van der Waals surface area contributed by atoms with E-state index in [4.69, 9.17) is 16.7 Å². The van der Waals surface area contributed by atoms with Crippen LogP contribution in [0.5, 0.6) is 0 Å². The van der Waals surface area contributed by atoms with Crippen LogP contribution >= 0.6 is 11.6 Å². The molecule has 1 saturated carbocycles. The Balaban J connectivity index is 2.22. The lowest BCUT2D eigenvalue weighted by atomic mass is 9.93. The third-order valence-electron chi connectivity index (χ3n) is 3.86. The van der Waals surface area contributed by atoms with Gasteiger partial charge in [-0.25, -0.2) is 0 Å². The highest BCUT2D eigenvalue weighted by atomic mass is 35.5. The Morgan fingerprint density at radius 3 is 2.47 bits per heavy atom. The van der Waals surface area contributed by atoms with E-state index in [2.05, 4.69) is 4.90 Å². The van der Waals surface area contributed by atoms with Crippen LogP contribution in [0.4, 0.5) is 5.69 Å². The summed E-state index contributed by atoms with van der Waals surface area (Å²) in [5, 5.41) is 19.1. The smallest absolute Gasteiger partial charge is 0.0682 e. The lowest BCUT2D eigenvalue weighted by molar-refractivity contribution is 0.281. The SMILES string of the molecule is OCCN(c1ccc(CO)cc1Cl)C1CCCCC1. The number of aliphatic hydroxyl groups is 2. The first-order valence-corrected chi connectivity index (χ1v) is 7.41. The normalized spacial score (nSPS) is 16.6. The molecule has 4 heteroatoms. The molecule has 0 unspecified atom stereocenters. The summed E-state index contributed by atoms with van der Waals surface area (Å²) < 4.78 is 0. The molecule has 0 radical (unpaired) electrons. The molecule has 0 spiro atoms. The fourth-order valence-corrected chi connectivity index (χ4v) is 3.19. The fraction of sp³-hybridized carbons (Fsp3) is 0.600. The molecule has 0 saturated heterocycles. The Kier molecular flexibility index (Phi) is 5.49. The minimum absolute atomic E-state index is 0.00340. The van der Waals surface area contributed by atoms with Crippen molar-refractivity contribution in [1.82, 2.24) is 0 Å². The van der Waals surface area contributed by atoms with Crippen LogP contribution in [-0.2, 0) is 6.61 Å². The summed E-state index contributed by atoms with van der Waals surface area (Å²) in [6.07, 6.45) is 6.13. The number of rotatable bonds is 5. The standard InChI is InChI=1S/C15H22ClNO2/c16-14-10-12(11-19)6-7-15(14)17(8-9-18)13-4-2-1-3-5-13/h6-7,10,13,18-19H,1-5,8-9,11H2. The van der Waals surface area contributed by atoms with Gasteiger partial charge in [-0.05, 0) is 30.5 Å². The molecule has 0 aliphatic heterocycles. The molecule has 0 heterocycles. The molecule has 0 amide bonds. The fourth-order valence-electron chi connectivity index (χ4n) is 2.88. The van der Waals surface area contributed by atoms with Crippen molar-refractivity contribution in [3.63, 3.8) is 0 Å². The lowest BCUT2D eigenvalue weighted by Gasteiger charge is -2.36. The van der Waals surface area contributed by atoms with Crippen molar-refractivity contribution in [3.8, 4) is 0 Å². The topological polar surface area (TPSA) is 43.7 Å². The van der Waals surface area contributed by atoms with Gasteiger partial charge in [0.1, 0.15) is 0 Å². The second-order valence-electron chi connectivity index (χ2n) is 5.15. The molecular formula is C15H22ClNO2.